The minimum atomic E-state index is -0.751. The molecular weight excluding hydrogens is 372 g/mol. The van der Waals surface area contributed by atoms with Gasteiger partial charge in [0, 0.05) is 18.2 Å². The fraction of sp³-hybridized carbons (Fsp3) is 0.429. The number of amides is 2. The molecule has 29 heavy (non-hydrogen) atoms. The van der Waals surface area contributed by atoms with Gasteiger partial charge in [0.2, 0.25) is 11.8 Å². The standard InChI is InChI=1S/C21H22N4O4/c1-12-18(14-11-17(26)24(19(14)27)13-7-3-2-4-8-13)20(28)25(23-12)21-22-15-9-5-6-10-16(15)29-21/h5-6,9-10,13-14,23H,2-4,7-8,11H2,1H3/t14-/m0/s1. The highest BCUT2D eigenvalue weighted by molar-refractivity contribution is 6.06. The Kier molecular flexibility index (Phi) is 4.15. The Balaban J connectivity index is 1.51. The Bertz CT molecular complexity index is 1130. The first-order chi connectivity index (χ1) is 14.0. The second-order valence-electron chi connectivity index (χ2n) is 7.91. The molecule has 1 N–H and O–H groups in total. The molecule has 0 radical (unpaired) electrons. The molecule has 2 amide bonds. The smallest absolute Gasteiger partial charge is 0.325 e. The van der Waals surface area contributed by atoms with Crippen molar-refractivity contribution in [2.24, 2.45) is 0 Å². The molecule has 1 aromatic carbocycles. The summed E-state index contributed by atoms with van der Waals surface area (Å²) in [6, 6.07) is 7.32. The number of imide groups is 1. The van der Waals surface area contributed by atoms with Crippen LogP contribution in [0.5, 0.6) is 0 Å². The number of nitrogens with one attached hydrogen (secondary N) is 1. The van der Waals surface area contributed by atoms with E-state index < -0.39 is 11.5 Å². The van der Waals surface area contributed by atoms with Gasteiger partial charge in [0.1, 0.15) is 5.52 Å². The summed E-state index contributed by atoms with van der Waals surface area (Å²) in [5.41, 5.74) is 1.68. The summed E-state index contributed by atoms with van der Waals surface area (Å²) >= 11 is 0. The first-order valence-electron chi connectivity index (χ1n) is 10.1. The molecule has 8 heteroatoms. The van der Waals surface area contributed by atoms with Crippen LogP contribution in [0, 0.1) is 6.92 Å². The number of H-pyrrole nitrogens is 1. The van der Waals surface area contributed by atoms with E-state index in [9.17, 15) is 14.4 Å². The summed E-state index contributed by atoms with van der Waals surface area (Å²) in [6.45, 7) is 1.73. The minimum Gasteiger partial charge on any atom is -0.422 e. The molecule has 1 saturated carbocycles. The third kappa shape index (κ3) is 2.82. The first kappa shape index (κ1) is 17.9. The first-order valence-corrected chi connectivity index (χ1v) is 10.1. The maximum atomic E-state index is 13.1. The highest BCUT2D eigenvalue weighted by Gasteiger charge is 2.45. The molecule has 1 saturated heterocycles. The van der Waals surface area contributed by atoms with E-state index in [4.69, 9.17) is 4.42 Å². The zero-order valence-electron chi connectivity index (χ0n) is 16.2. The van der Waals surface area contributed by atoms with E-state index in [1.807, 2.05) is 12.1 Å². The lowest BCUT2D eigenvalue weighted by Gasteiger charge is -2.29. The van der Waals surface area contributed by atoms with Crippen LogP contribution in [0.15, 0.2) is 33.5 Å². The molecule has 2 fully saturated rings. The van der Waals surface area contributed by atoms with E-state index in [-0.39, 0.29) is 30.3 Å². The van der Waals surface area contributed by atoms with Crippen LogP contribution in [0.2, 0.25) is 0 Å². The van der Waals surface area contributed by atoms with Crippen molar-refractivity contribution in [3.63, 3.8) is 0 Å². The van der Waals surface area contributed by atoms with E-state index in [2.05, 4.69) is 10.1 Å². The van der Waals surface area contributed by atoms with E-state index in [1.165, 1.54) is 9.58 Å². The van der Waals surface area contributed by atoms with E-state index in [0.29, 0.717) is 22.4 Å². The van der Waals surface area contributed by atoms with Crippen molar-refractivity contribution in [1.82, 2.24) is 19.7 Å². The number of aromatic amines is 1. The van der Waals surface area contributed by atoms with Crippen LogP contribution in [0.4, 0.5) is 0 Å². The molecular formula is C21H22N4O4. The van der Waals surface area contributed by atoms with Gasteiger partial charge in [-0.05, 0) is 31.9 Å². The predicted octanol–water partition coefficient (Wildman–Crippen LogP) is 2.79. The van der Waals surface area contributed by atoms with E-state index in [0.717, 1.165) is 32.1 Å². The summed E-state index contributed by atoms with van der Waals surface area (Å²) in [5.74, 6) is -1.19. The molecule has 3 heterocycles. The van der Waals surface area contributed by atoms with Crippen LogP contribution in [0.25, 0.3) is 17.1 Å². The number of fused-ring (bicyclic) bond motifs is 1. The number of aromatic nitrogens is 3. The lowest BCUT2D eigenvalue weighted by Crippen LogP contribution is -2.41. The van der Waals surface area contributed by atoms with Crippen LogP contribution in [0.3, 0.4) is 0 Å². The van der Waals surface area contributed by atoms with Gasteiger partial charge >= 0.3 is 6.01 Å². The molecule has 3 aromatic rings. The molecule has 2 aliphatic rings. The average Bonchev–Trinajstić information content (AvgIpc) is 3.36. The number of hydrogen-bond acceptors (Lipinski definition) is 5. The largest absolute Gasteiger partial charge is 0.422 e. The third-order valence-corrected chi connectivity index (χ3v) is 6.06. The third-order valence-electron chi connectivity index (χ3n) is 6.06. The Morgan fingerprint density at radius 3 is 2.62 bits per heavy atom. The second-order valence-corrected chi connectivity index (χ2v) is 7.91. The molecule has 0 bridgehead atoms. The van der Waals surface area contributed by atoms with Gasteiger partial charge in [-0.15, -0.1) is 0 Å². The Morgan fingerprint density at radius 2 is 1.86 bits per heavy atom. The van der Waals surface area contributed by atoms with Gasteiger partial charge in [-0.1, -0.05) is 31.4 Å². The summed E-state index contributed by atoms with van der Waals surface area (Å²) in [6.07, 6.45) is 4.94. The van der Waals surface area contributed by atoms with Gasteiger partial charge in [-0.2, -0.15) is 9.67 Å². The normalized spacial score (nSPS) is 20.9. The van der Waals surface area contributed by atoms with Crippen molar-refractivity contribution in [2.75, 3.05) is 0 Å². The Hall–Kier alpha value is -3.16. The topological polar surface area (TPSA) is 101 Å². The van der Waals surface area contributed by atoms with Crippen molar-refractivity contribution < 1.29 is 14.0 Å². The van der Waals surface area contributed by atoms with Crippen LogP contribution in [-0.2, 0) is 9.59 Å². The fourth-order valence-electron chi connectivity index (χ4n) is 4.66. The zero-order valence-corrected chi connectivity index (χ0v) is 16.2. The summed E-state index contributed by atoms with van der Waals surface area (Å²) in [4.78, 5) is 44.7. The monoisotopic (exact) mass is 394 g/mol. The van der Waals surface area contributed by atoms with Crippen LogP contribution in [0.1, 0.15) is 55.7 Å². The SMILES string of the molecule is Cc1[nH]n(-c2nc3ccccc3o2)c(=O)c1[C@@H]1CC(=O)N(C2CCCCC2)C1=O. The highest BCUT2D eigenvalue weighted by Crippen LogP contribution is 2.34. The Morgan fingerprint density at radius 1 is 1.10 bits per heavy atom. The number of oxazole rings is 1. The molecule has 5 rings (SSSR count). The minimum absolute atomic E-state index is 0.0349. The number of aryl methyl sites for hydroxylation is 1. The van der Waals surface area contributed by atoms with Gasteiger partial charge in [0.15, 0.2) is 5.58 Å². The van der Waals surface area contributed by atoms with Crippen molar-refractivity contribution in [3.8, 4) is 6.01 Å². The molecule has 0 unspecified atom stereocenters. The molecule has 0 spiro atoms. The van der Waals surface area contributed by atoms with Crippen LogP contribution in [-0.4, -0.2) is 37.5 Å². The number of para-hydroxylation sites is 2. The van der Waals surface area contributed by atoms with Gasteiger partial charge in [0.05, 0.1) is 11.5 Å². The predicted molar refractivity (Wildman–Crippen MR) is 105 cm³/mol. The van der Waals surface area contributed by atoms with Crippen LogP contribution < -0.4 is 5.56 Å². The highest BCUT2D eigenvalue weighted by atomic mass is 16.4. The van der Waals surface area contributed by atoms with Crippen molar-refractivity contribution >= 4 is 22.9 Å². The molecule has 150 valence electrons. The molecule has 1 aliphatic carbocycles. The quantitative estimate of drug-likeness (QED) is 0.689. The number of carbonyl (C=O) groups excluding carboxylic acids is 2. The summed E-state index contributed by atoms with van der Waals surface area (Å²) in [7, 11) is 0. The number of hydrogen-bond donors (Lipinski definition) is 1. The van der Waals surface area contributed by atoms with Gasteiger partial charge in [0.25, 0.3) is 5.56 Å². The molecule has 8 nitrogen and oxygen atoms in total. The Labute approximate surface area is 166 Å². The summed E-state index contributed by atoms with van der Waals surface area (Å²) < 4.78 is 6.90. The fourth-order valence-corrected chi connectivity index (χ4v) is 4.66. The molecule has 1 aliphatic heterocycles. The van der Waals surface area contributed by atoms with Crippen molar-refractivity contribution in [1.29, 1.82) is 0 Å². The maximum absolute atomic E-state index is 13.1. The van der Waals surface area contributed by atoms with Crippen molar-refractivity contribution in [3.05, 3.63) is 45.9 Å². The van der Waals surface area contributed by atoms with Crippen LogP contribution >= 0.6 is 0 Å². The number of nitrogens with zero attached hydrogens (tertiary/aromatic N) is 3. The van der Waals surface area contributed by atoms with Gasteiger partial charge in [-0.25, -0.2) is 0 Å². The number of rotatable bonds is 3. The zero-order chi connectivity index (χ0) is 20.1. The van der Waals surface area contributed by atoms with Gasteiger partial charge < -0.3 is 4.42 Å². The average molecular weight is 394 g/mol. The van der Waals surface area contributed by atoms with Gasteiger partial charge in [-0.3, -0.25) is 24.4 Å². The van der Waals surface area contributed by atoms with Crippen molar-refractivity contribution in [2.45, 2.75) is 57.4 Å². The molecule has 2 aromatic heterocycles. The number of carbonyl (C=O) groups is 2. The number of benzene rings is 1. The summed E-state index contributed by atoms with van der Waals surface area (Å²) in [5, 5.41) is 2.96. The van der Waals surface area contributed by atoms with E-state index in [1.54, 1.807) is 19.1 Å². The lowest BCUT2D eigenvalue weighted by molar-refractivity contribution is -0.142. The molecule has 1 atom stereocenters. The lowest BCUT2D eigenvalue weighted by atomic mass is 9.94. The number of likely N-dealkylation sites (tertiary alicyclic amines) is 1. The second kappa shape index (κ2) is 6.72. The maximum Gasteiger partial charge on any atom is 0.325 e. The van der Waals surface area contributed by atoms with E-state index >= 15 is 0 Å².